The maximum atomic E-state index is 12.8. The van der Waals surface area contributed by atoms with Gasteiger partial charge in [-0.1, -0.05) is 12.1 Å². The van der Waals surface area contributed by atoms with Crippen molar-refractivity contribution in [1.82, 2.24) is 4.31 Å². The molecule has 12 heteroatoms. The van der Waals surface area contributed by atoms with Crippen molar-refractivity contribution in [2.75, 3.05) is 25.0 Å². The second-order valence-corrected chi connectivity index (χ2v) is 8.84. The number of sulfonamides is 1. The molecule has 0 spiro atoms. The number of nitrogens with one attached hydrogen (secondary N) is 1. The van der Waals surface area contributed by atoms with Crippen LogP contribution >= 0.6 is 0 Å². The molecule has 2 aromatic rings. The second kappa shape index (κ2) is 8.63. The van der Waals surface area contributed by atoms with Crippen LogP contribution in [0.15, 0.2) is 47.4 Å². The minimum Gasteiger partial charge on any atom is -0.372 e. The van der Waals surface area contributed by atoms with Crippen LogP contribution in [0.3, 0.4) is 0 Å². The summed E-state index contributed by atoms with van der Waals surface area (Å²) in [6, 6.07) is 7.34. The highest BCUT2D eigenvalue weighted by Gasteiger charge is 2.33. The van der Waals surface area contributed by atoms with Gasteiger partial charge in [-0.3, -0.25) is 14.9 Å². The maximum Gasteiger partial charge on any atom is 0.416 e. The summed E-state index contributed by atoms with van der Waals surface area (Å²) in [5.41, 5.74) is -2.21. The number of carbonyl (C=O) groups is 1. The highest BCUT2D eigenvalue weighted by atomic mass is 32.2. The van der Waals surface area contributed by atoms with E-state index in [1.807, 2.05) is 0 Å². The fourth-order valence-electron chi connectivity index (χ4n) is 3.19. The lowest BCUT2D eigenvalue weighted by molar-refractivity contribution is -0.384. The number of halogens is 3. The summed E-state index contributed by atoms with van der Waals surface area (Å²) in [5.74, 6) is -0.576. The summed E-state index contributed by atoms with van der Waals surface area (Å²) in [5, 5.41) is 13.6. The van der Waals surface area contributed by atoms with Crippen LogP contribution in [0.5, 0.6) is 0 Å². The molecule has 0 saturated carbocycles. The van der Waals surface area contributed by atoms with Gasteiger partial charge in [0.25, 0.3) is 5.69 Å². The van der Waals surface area contributed by atoms with Crippen LogP contribution < -0.4 is 5.32 Å². The van der Waals surface area contributed by atoms with E-state index in [9.17, 15) is 36.5 Å². The van der Waals surface area contributed by atoms with Crippen molar-refractivity contribution >= 4 is 27.2 Å². The lowest BCUT2D eigenvalue weighted by atomic mass is 10.1. The number of carbonyl (C=O) groups excluding carboxylic acids is 1. The molecule has 0 atom stereocenters. The van der Waals surface area contributed by atoms with Crippen molar-refractivity contribution in [3.05, 3.63) is 63.7 Å². The molecule has 1 heterocycles. The first kappa shape index (κ1) is 22.7. The van der Waals surface area contributed by atoms with Gasteiger partial charge in [-0.25, -0.2) is 8.42 Å². The van der Waals surface area contributed by atoms with Crippen molar-refractivity contribution in [3.8, 4) is 0 Å². The van der Waals surface area contributed by atoms with Gasteiger partial charge in [-0.2, -0.15) is 17.5 Å². The van der Waals surface area contributed by atoms with Gasteiger partial charge in [0.1, 0.15) is 5.69 Å². The Bertz CT molecular complexity index is 1110. The third-order valence-electron chi connectivity index (χ3n) is 4.82. The lowest BCUT2D eigenvalue weighted by Gasteiger charge is -2.16. The molecule has 0 amide bonds. The maximum absolute atomic E-state index is 12.8. The number of Topliss-reactive ketones (excluding diaryl/α,β-unsaturated/α-hetero) is 1. The molecule has 2 aromatic carbocycles. The molecule has 3 rings (SSSR count). The Morgan fingerprint density at radius 2 is 1.81 bits per heavy atom. The molecule has 1 saturated heterocycles. The average Bonchev–Trinajstić information content (AvgIpc) is 3.27. The zero-order valence-corrected chi connectivity index (χ0v) is 16.9. The smallest absolute Gasteiger partial charge is 0.372 e. The first-order chi connectivity index (χ1) is 14.5. The molecular weight excluding hydrogens is 439 g/mol. The number of ketones is 1. The summed E-state index contributed by atoms with van der Waals surface area (Å²) in [6.45, 7) is 0.332. The molecule has 1 N–H and O–H groups in total. The summed E-state index contributed by atoms with van der Waals surface area (Å²) in [6.07, 6.45) is -3.23. The zero-order chi connectivity index (χ0) is 22.8. The van der Waals surface area contributed by atoms with Gasteiger partial charge in [0.05, 0.1) is 21.9 Å². The van der Waals surface area contributed by atoms with E-state index >= 15 is 0 Å². The van der Waals surface area contributed by atoms with E-state index in [-0.39, 0.29) is 16.1 Å². The Balaban J connectivity index is 1.78. The molecule has 1 aliphatic rings. The molecule has 1 fully saturated rings. The number of nitrogens with zero attached hydrogens (tertiary/aromatic N) is 2. The number of hydrogen-bond donors (Lipinski definition) is 1. The number of hydrogen-bond acceptors (Lipinski definition) is 6. The molecule has 0 unspecified atom stereocenters. The van der Waals surface area contributed by atoms with E-state index in [4.69, 9.17) is 0 Å². The first-order valence-electron chi connectivity index (χ1n) is 9.23. The van der Waals surface area contributed by atoms with Crippen LogP contribution in [0.4, 0.5) is 24.5 Å². The van der Waals surface area contributed by atoms with Crippen molar-refractivity contribution in [1.29, 1.82) is 0 Å². The fourth-order valence-corrected chi connectivity index (χ4v) is 4.76. The van der Waals surface area contributed by atoms with E-state index in [0.29, 0.717) is 25.2 Å². The van der Waals surface area contributed by atoms with E-state index in [0.717, 1.165) is 18.9 Å². The minimum atomic E-state index is -4.75. The van der Waals surface area contributed by atoms with Gasteiger partial charge in [0.2, 0.25) is 10.0 Å². The normalized spacial score (nSPS) is 15.1. The van der Waals surface area contributed by atoms with Gasteiger partial charge >= 0.3 is 6.18 Å². The molecule has 166 valence electrons. The van der Waals surface area contributed by atoms with Crippen LogP contribution in [0.25, 0.3) is 0 Å². The number of nitro benzene ring substituents is 1. The predicted molar refractivity (Wildman–Crippen MR) is 105 cm³/mol. The van der Waals surface area contributed by atoms with Gasteiger partial charge in [0, 0.05) is 24.7 Å². The van der Waals surface area contributed by atoms with E-state index in [1.165, 1.54) is 28.6 Å². The van der Waals surface area contributed by atoms with Crippen molar-refractivity contribution in [3.63, 3.8) is 0 Å². The van der Waals surface area contributed by atoms with Crippen LogP contribution in [0, 0.1) is 10.1 Å². The predicted octanol–water partition coefficient (Wildman–Crippen LogP) is 3.69. The molecule has 0 aromatic heterocycles. The fraction of sp³-hybridized carbons (Fsp3) is 0.316. The zero-order valence-electron chi connectivity index (χ0n) is 16.1. The van der Waals surface area contributed by atoms with Gasteiger partial charge in [-0.15, -0.1) is 0 Å². The van der Waals surface area contributed by atoms with E-state index in [1.54, 1.807) is 0 Å². The standard InChI is InChI=1S/C19H18F3N3O5S/c20-19(21,22)14-6-7-16(17(11-14)25(27)28)23-12-18(26)13-4-3-5-15(10-13)31(29,30)24-8-1-2-9-24/h3-7,10-11,23H,1-2,8-9,12H2. The first-order valence-corrected chi connectivity index (χ1v) is 10.7. The SMILES string of the molecule is O=C(CNc1ccc(C(F)(F)F)cc1[N+](=O)[O-])c1cccc(S(=O)(=O)N2CCCC2)c1. The van der Waals surface area contributed by atoms with Crippen LogP contribution in [0.2, 0.25) is 0 Å². The van der Waals surface area contributed by atoms with Crippen molar-refractivity contribution in [2.45, 2.75) is 23.9 Å². The number of anilines is 1. The third kappa shape index (κ3) is 5.02. The van der Waals surface area contributed by atoms with Gasteiger partial charge < -0.3 is 5.32 Å². The number of rotatable bonds is 7. The Morgan fingerprint density at radius 1 is 1.13 bits per heavy atom. The number of nitro groups is 1. The monoisotopic (exact) mass is 457 g/mol. The molecule has 8 nitrogen and oxygen atoms in total. The lowest BCUT2D eigenvalue weighted by Crippen LogP contribution is -2.28. The average molecular weight is 457 g/mol. The Hall–Kier alpha value is -2.99. The summed E-state index contributed by atoms with van der Waals surface area (Å²) < 4.78 is 65.0. The van der Waals surface area contributed by atoms with Crippen LogP contribution in [-0.4, -0.2) is 43.1 Å². The summed E-state index contributed by atoms with van der Waals surface area (Å²) in [7, 11) is -3.73. The van der Waals surface area contributed by atoms with Gasteiger partial charge in [0.15, 0.2) is 5.78 Å². The molecule has 0 bridgehead atoms. The third-order valence-corrected chi connectivity index (χ3v) is 6.71. The molecule has 0 aliphatic carbocycles. The number of benzene rings is 2. The van der Waals surface area contributed by atoms with Crippen LogP contribution in [-0.2, 0) is 16.2 Å². The highest BCUT2D eigenvalue weighted by Crippen LogP contribution is 2.35. The number of alkyl halides is 3. The molecule has 1 aliphatic heterocycles. The molecular formula is C19H18F3N3O5S. The Labute approximate surface area is 175 Å². The summed E-state index contributed by atoms with van der Waals surface area (Å²) >= 11 is 0. The topological polar surface area (TPSA) is 110 Å². The quantitative estimate of drug-likeness (QED) is 0.386. The van der Waals surface area contributed by atoms with Crippen molar-refractivity contribution < 1.29 is 31.3 Å². The Kier molecular flexibility index (Phi) is 6.32. The Morgan fingerprint density at radius 3 is 2.42 bits per heavy atom. The highest BCUT2D eigenvalue weighted by molar-refractivity contribution is 7.89. The minimum absolute atomic E-state index is 0.0410. The van der Waals surface area contributed by atoms with Gasteiger partial charge in [-0.05, 0) is 37.1 Å². The molecule has 0 radical (unpaired) electrons. The summed E-state index contributed by atoms with van der Waals surface area (Å²) in [4.78, 5) is 22.6. The van der Waals surface area contributed by atoms with Crippen molar-refractivity contribution in [2.24, 2.45) is 0 Å². The van der Waals surface area contributed by atoms with E-state index in [2.05, 4.69) is 5.32 Å². The molecule has 31 heavy (non-hydrogen) atoms. The largest absolute Gasteiger partial charge is 0.416 e. The van der Waals surface area contributed by atoms with E-state index < -0.39 is 44.7 Å². The second-order valence-electron chi connectivity index (χ2n) is 6.90. The van der Waals surface area contributed by atoms with Crippen LogP contribution in [0.1, 0.15) is 28.8 Å².